The monoisotopic (exact) mass is 360 g/mol. The van der Waals surface area contributed by atoms with Gasteiger partial charge in [-0.3, -0.25) is 0 Å². The fraction of sp³-hybridized carbons (Fsp3) is 0.357. The summed E-state index contributed by atoms with van der Waals surface area (Å²) in [6.07, 6.45) is -4.43. The number of piperazine rings is 1. The van der Waals surface area contributed by atoms with Gasteiger partial charge in [0.1, 0.15) is 5.69 Å². The van der Waals surface area contributed by atoms with Gasteiger partial charge in [0.25, 0.3) is 0 Å². The van der Waals surface area contributed by atoms with Crippen molar-refractivity contribution < 1.29 is 18.5 Å². The van der Waals surface area contributed by atoms with Crippen LogP contribution < -0.4 is 10.2 Å². The molecule has 21 heavy (non-hydrogen) atoms. The van der Waals surface area contributed by atoms with E-state index in [9.17, 15) is 13.2 Å². The number of halogens is 4. The number of quaternary nitrogens is 1. The van der Waals surface area contributed by atoms with Crippen LogP contribution in [0.4, 0.5) is 18.9 Å². The zero-order valence-electron chi connectivity index (χ0n) is 11.1. The van der Waals surface area contributed by atoms with E-state index in [1.54, 1.807) is 12.1 Å². The van der Waals surface area contributed by atoms with E-state index >= 15 is 0 Å². The van der Waals surface area contributed by atoms with Crippen LogP contribution in [0.3, 0.4) is 0 Å². The number of aromatic nitrogens is 1. The fourth-order valence-electron chi connectivity index (χ4n) is 2.58. The minimum atomic E-state index is -4.43. The van der Waals surface area contributed by atoms with Crippen molar-refractivity contribution >= 4 is 32.5 Å². The first-order valence-corrected chi connectivity index (χ1v) is 7.48. The third-order valence-electron chi connectivity index (χ3n) is 3.59. The van der Waals surface area contributed by atoms with Crippen LogP contribution >= 0.6 is 15.9 Å². The number of nitrogens with zero attached hydrogens (tertiary/aromatic N) is 2. The van der Waals surface area contributed by atoms with Crippen LogP contribution in [0.2, 0.25) is 0 Å². The summed E-state index contributed by atoms with van der Waals surface area (Å²) in [5.41, 5.74) is 0.154. The number of hydrogen-bond donors (Lipinski definition) is 1. The summed E-state index contributed by atoms with van der Waals surface area (Å²) in [6.45, 7) is 3.25. The molecule has 1 fully saturated rings. The molecule has 0 bridgehead atoms. The third-order valence-corrected chi connectivity index (χ3v) is 4.08. The van der Waals surface area contributed by atoms with Gasteiger partial charge in [0.05, 0.1) is 31.7 Å². The number of benzene rings is 1. The second-order valence-electron chi connectivity index (χ2n) is 5.04. The first-order valence-electron chi connectivity index (χ1n) is 6.69. The minimum Gasteiger partial charge on any atom is -0.360 e. The molecule has 0 radical (unpaired) electrons. The SMILES string of the molecule is FC(F)(F)c1cc(N2CC[NH2+]CC2)c2cc(Br)ccc2n1. The molecule has 3 rings (SSSR count). The maximum absolute atomic E-state index is 13.0. The Morgan fingerprint density at radius 2 is 1.86 bits per heavy atom. The van der Waals surface area contributed by atoms with E-state index in [4.69, 9.17) is 0 Å². The van der Waals surface area contributed by atoms with Crippen LogP contribution in [-0.4, -0.2) is 31.2 Å². The molecule has 2 N–H and O–H groups in total. The van der Waals surface area contributed by atoms with Crippen molar-refractivity contribution in [3.63, 3.8) is 0 Å². The lowest BCUT2D eigenvalue weighted by Gasteiger charge is -2.29. The van der Waals surface area contributed by atoms with Gasteiger partial charge in [0, 0.05) is 15.5 Å². The van der Waals surface area contributed by atoms with Crippen molar-refractivity contribution in [1.29, 1.82) is 0 Å². The molecular formula is C14H14BrF3N3+. The number of anilines is 1. The first-order chi connectivity index (χ1) is 9.95. The molecule has 0 aliphatic carbocycles. The summed E-state index contributed by atoms with van der Waals surface area (Å²) in [5.74, 6) is 0. The molecule has 1 aliphatic rings. The molecule has 0 atom stereocenters. The van der Waals surface area contributed by atoms with E-state index in [1.807, 2.05) is 11.0 Å². The van der Waals surface area contributed by atoms with E-state index in [-0.39, 0.29) is 0 Å². The quantitative estimate of drug-likeness (QED) is 0.846. The van der Waals surface area contributed by atoms with Gasteiger partial charge in [-0.25, -0.2) is 4.98 Å². The zero-order valence-corrected chi connectivity index (χ0v) is 12.7. The van der Waals surface area contributed by atoms with Gasteiger partial charge in [-0.05, 0) is 24.3 Å². The second-order valence-corrected chi connectivity index (χ2v) is 5.95. The Kier molecular flexibility index (Phi) is 3.79. The second kappa shape index (κ2) is 5.46. The van der Waals surface area contributed by atoms with Crippen molar-refractivity contribution in [2.75, 3.05) is 31.1 Å². The Hall–Kier alpha value is -1.34. The molecule has 0 spiro atoms. The molecule has 1 aromatic heterocycles. The van der Waals surface area contributed by atoms with E-state index in [0.717, 1.165) is 36.0 Å². The lowest BCUT2D eigenvalue weighted by molar-refractivity contribution is -0.655. The Bertz CT molecular complexity index is 666. The van der Waals surface area contributed by atoms with Gasteiger partial charge in [-0.1, -0.05) is 15.9 Å². The summed E-state index contributed by atoms with van der Waals surface area (Å²) in [6, 6.07) is 6.33. The highest BCUT2D eigenvalue weighted by atomic mass is 79.9. The van der Waals surface area contributed by atoms with Gasteiger partial charge < -0.3 is 10.2 Å². The molecule has 0 amide bonds. The van der Waals surface area contributed by atoms with Crippen LogP contribution in [0.1, 0.15) is 5.69 Å². The zero-order chi connectivity index (χ0) is 15.0. The fourth-order valence-corrected chi connectivity index (χ4v) is 2.94. The van der Waals surface area contributed by atoms with Crippen molar-refractivity contribution in [3.05, 3.63) is 34.4 Å². The lowest BCUT2D eigenvalue weighted by Crippen LogP contribution is -2.89. The van der Waals surface area contributed by atoms with Crippen molar-refractivity contribution in [1.82, 2.24) is 4.98 Å². The van der Waals surface area contributed by atoms with Gasteiger partial charge >= 0.3 is 6.18 Å². The third kappa shape index (κ3) is 2.98. The van der Waals surface area contributed by atoms with Gasteiger partial charge in [-0.15, -0.1) is 0 Å². The lowest BCUT2D eigenvalue weighted by atomic mass is 10.1. The Morgan fingerprint density at radius 1 is 1.14 bits per heavy atom. The highest BCUT2D eigenvalue weighted by Crippen LogP contribution is 2.35. The van der Waals surface area contributed by atoms with Crippen LogP contribution in [-0.2, 0) is 6.18 Å². The van der Waals surface area contributed by atoms with E-state index in [2.05, 4.69) is 26.2 Å². The molecule has 0 unspecified atom stereocenters. The van der Waals surface area contributed by atoms with Crippen molar-refractivity contribution in [2.24, 2.45) is 0 Å². The van der Waals surface area contributed by atoms with Crippen molar-refractivity contribution in [2.45, 2.75) is 6.18 Å². The molecule has 7 heteroatoms. The van der Waals surface area contributed by atoms with E-state index < -0.39 is 11.9 Å². The molecule has 1 aromatic carbocycles. The van der Waals surface area contributed by atoms with E-state index in [1.165, 1.54) is 6.07 Å². The van der Waals surface area contributed by atoms with Gasteiger partial charge in [-0.2, -0.15) is 13.2 Å². The average molecular weight is 361 g/mol. The maximum Gasteiger partial charge on any atom is 0.433 e. The minimum absolute atomic E-state index is 0.373. The highest BCUT2D eigenvalue weighted by molar-refractivity contribution is 9.10. The highest BCUT2D eigenvalue weighted by Gasteiger charge is 2.34. The Balaban J connectivity index is 2.20. The Labute approximate surface area is 128 Å². The number of alkyl halides is 3. The van der Waals surface area contributed by atoms with Gasteiger partial charge in [0.15, 0.2) is 0 Å². The predicted octanol–water partition coefficient (Wildman–Crippen LogP) is 2.40. The summed E-state index contributed by atoms with van der Waals surface area (Å²) in [4.78, 5) is 5.77. The largest absolute Gasteiger partial charge is 0.433 e. The molecule has 2 heterocycles. The topological polar surface area (TPSA) is 32.7 Å². The average Bonchev–Trinajstić information content (AvgIpc) is 2.46. The Morgan fingerprint density at radius 3 is 2.52 bits per heavy atom. The number of rotatable bonds is 1. The molecule has 3 nitrogen and oxygen atoms in total. The van der Waals surface area contributed by atoms with Crippen LogP contribution in [0.15, 0.2) is 28.7 Å². The molecule has 2 aromatic rings. The molecule has 1 saturated heterocycles. The van der Waals surface area contributed by atoms with Crippen molar-refractivity contribution in [3.8, 4) is 0 Å². The summed E-state index contributed by atoms with van der Waals surface area (Å²) in [5, 5.41) is 2.92. The van der Waals surface area contributed by atoms with Gasteiger partial charge in [0.2, 0.25) is 0 Å². The summed E-state index contributed by atoms with van der Waals surface area (Å²) >= 11 is 3.37. The first kappa shape index (κ1) is 14.6. The summed E-state index contributed by atoms with van der Waals surface area (Å²) < 4.78 is 40.0. The predicted molar refractivity (Wildman–Crippen MR) is 78.3 cm³/mol. The number of hydrogen-bond acceptors (Lipinski definition) is 2. The van der Waals surface area contributed by atoms with Crippen LogP contribution in [0.5, 0.6) is 0 Å². The number of fused-ring (bicyclic) bond motifs is 1. The normalized spacial score (nSPS) is 16.5. The molecular weight excluding hydrogens is 347 g/mol. The van der Waals surface area contributed by atoms with E-state index in [0.29, 0.717) is 11.2 Å². The van der Waals surface area contributed by atoms with Crippen LogP contribution in [0, 0.1) is 0 Å². The maximum atomic E-state index is 13.0. The number of pyridine rings is 1. The standard InChI is InChI=1S/C14H13BrF3N3/c15-9-1-2-11-10(7-9)12(21-5-3-19-4-6-21)8-13(20-11)14(16,17)18/h1-2,7-8,19H,3-6H2/p+1. The number of nitrogens with two attached hydrogens (primary N) is 1. The molecule has 112 valence electrons. The molecule has 0 saturated carbocycles. The van der Waals surface area contributed by atoms with Crippen LogP contribution in [0.25, 0.3) is 10.9 Å². The molecule has 1 aliphatic heterocycles. The smallest absolute Gasteiger partial charge is 0.360 e. The summed E-state index contributed by atoms with van der Waals surface area (Å²) in [7, 11) is 0.